The summed E-state index contributed by atoms with van der Waals surface area (Å²) in [5.74, 6) is 0.768. The molecule has 1 heterocycles. The summed E-state index contributed by atoms with van der Waals surface area (Å²) in [6.07, 6.45) is 2.49. The van der Waals surface area contributed by atoms with E-state index in [9.17, 15) is 8.42 Å². The Hall–Kier alpha value is -0.920. The Bertz CT molecular complexity index is 508. The van der Waals surface area contributed by atoms with Crippen LogP contribution in [-0.4, -0.2) is 37.0 Å². The third kappa shape index (κ3) is 4.59. The topological polar surface area (TPSA) is 86.9 Å². The lowest BCUT2D eigenvalue weighted by atomic mass is 10.2. The van der Waals surface area contributed by atoms with Gasteiger partial charge in [-0.15, -0.1) is 0 Å². The summed E-state index contributed by atoms with van der Waals surface area (Å²) in [7, 11) is -3.11. The van der Waals surface area contributed by atoms with E-state index in [0.717, 1.165) is 11.4 Å². The zero-order valence-electron chi connectivity index (χ0n) is 11.4. The van der Waals surface area contributed by atoms with Gasteiger partial charge in [0.25, 0.3) is 0 Å². The van der Waals surface area contributed by atoms with Gasteiger partial charge in [-0.1, -0.05) is 0 Å². The second-order valence-electron chi connectivity index (χ2n) is 5.13. The lowest BCUT2D eigenvalue weighted by Gasteiger charge is -2.13. The standard InChI is InChI=1S/C12H22N4O2S/c1-3-19(17,18)14-7-9(2)13-8-11-6-12(16-15-11)10-4-5-10/h6,9-10,13-14H,3-5,7-8H2,1-2H3,(H,15,16). The first-order valence-electron chi connectivity index (χ1n) is 6.75. The molecule has 1 aromatic rings. The summed E-state index contributed by atoms with van der Waals surface area (Å²) in [5.41, 5.74) is 2.20. The van der Waals surface area contributed by atoms with Gasteiger partial charge in [-0.3, -0.25) is 5.10 Å². The highest BCUT2D eigenvalue weighted by Crippen LogP contribution is 2.38. The Morgan fingerprint density at radius 2 is 2.26 bits per heavy atom. The molecule has 6 nitrogen and oxygen atoms in total. The molecule has 1 aromatic heterocycles. The molecule has 0 radical (unpaired) electrons. The molecule has 2 rings (SSSR count). The maximum atomic E-state index is 11.3. The number of aromatic nitrogens is 2. The summed E-state index contributed by atoms with van der Waals surface area (Å²) in [6, 6.07) is 2.17. The number of aromatic amines is 1. The van der Waals surface area contributed by atoms with Gasteiger partial charge in [-0.25, -0.2) is 13.1 Å². The molecule has 1 atom stereocenters. The van der Waals surface area contributed by atoms with Gasteiger partial charge in [0.1, 0.15) is 0 Å². The predicted molar refractivity (Wildman–Crippen MR) is 74.3 cm³/mol. The van der Waals surface area contributed by atoms with Gasteiger partial charge >= 0.3 is 0 Å². The van der Waals surface area contributed by atoms with E-state index >= 15 is 0 Å². The average Bonchev–Trinajstić information content (AvgIpc) is 3.13. The van der Waals surface area contributed by atoms with Gasteiger partial charge < -0.3 is 5.32 Å². The second-order valence-corrected chi connectivity index (χ2v) is 7.22. The minimum atomic E-state index is -3.11. The summed E-state index contributed by atoms with van der Waals surface area (Å²) < 4.78 is 25.2. The van der Waals surface area contributed by atoms with Crippen LogP contribution in [0.2, 0.25) is 0 Å². The van der Waals surface area contributed by atoms with Crippen LogP contribution in [0.15, 0.2) is 6.07 Å². The maximum Gasteiger partial charge on any atom is 0.211 e. The Kier molecular flexibility index (Phi) is 4.59. The molecule has 1 fully saturated rings. The fourth-order valence-electron chi connectivity index (χ4n) is 1.77. The fraction of sp³-hybridized carbons (Fsp3) is 0.750. The number of nitrogens with zero attached hydrogens (tertiary/aromatic N) is 1. The van der Waals surface area contributed by atoms with Crippen molar-refractivity contribution in [1.82, 2.24) is 20.2 Å². The molecule has 1 unspecified atom stereocenters. The zero-order valence-corrected chi connectivity index (χ0v) is 12.3. The summed E-state index contributed by atoms with van der Waals surface area (Å²) in [6.45, 7) is 4.66. The van der Waals surface area contributed by atoms with Crippen LogP contribution in [0.4, 0.5) is 0 Å². The minimum Gasteiger partial charge on any atom is -0.307 e. The Balaban J connectivity index is 1.71. The van der Waals surface area contributed by atoms with Gasteiger partial charge in [0.2, 0.25) is 10.0 Å². The molecule has 0 bridgehead atoms. The van der Waals surface area contributed by atoms with Crippen LogP contribution in [0.1, 0.15) is 44.0 Å². The van der Waals surface area contributed by atoms with Crippen molar-refractivity contribution in [2.45, 2.75) is 45.2 Å². The van der Waals surface area contributed by atoms with Crippen molar-refractivity contribution in [2.24, 2.45) is 0 Å². The minimum absolute atomic E-state index is 0.0778. The molecule has 0 aromatic carbocycles. The van der Waals surface area contributed by atoms with Crippen molar-refractivity contribution in [1.29, 1.82) is 0 Å². The van der Waals surface area contributed by atoms with Crippen molar-refractivity contribution >= 4 is 10.0 Å². The largest absolute Gasteiger partial charge is 0.307 e. The molecule has 19 heavy (non-hydrogen) atoms. The van der Waals surface area contributed by atoms with Gasteiger partial charge in [0, 0.05) is 30.7 Å². The van der Waals surface area contributed by atoms with E-state index < -0.39 is 10.0 Å². The van der Waals surface area contributed by atoms with E-state index in [1.54, 1.807) is 6.92 Å². The zero-order chi connectivity index (χ0) is 13.9. The molecule has 1 saturated carbocycles. The summed E-state index contributed by atoms with van der Waals surface area (Å²) in [5, 5.41) is 10.6. The fourth-order valence-corrected chi connectivity index (χ4v) is 2.48. The predicted octanol–water partition coefficient (Wildman–Crippen LogP) is 0.705. The molecule has 7 heteroatoms. The van der Waals surface area contributed by atoms with E-state index in [1.807, 2.05) is 6.92 Å². The second kappa shape index (κ2) is 6.02. The van der Waals surface area contributed by atoms with Crippen molar-refractivity contribution in [3.8, 4) is 0 Å². The first-order chi connectivity index (χ1) is 9.00. The van der Waals surface area contributed by atoms with Crippen LogP contribution in [0, 0.1) is 0 Å². The van der Waals surface area contributed by atoms with Gasteiger partial charge in [-0.2, -0.15) is 5.10 Å². The maximum absolute atomic E-state index is 11.3. The normalized spacial score (nSPS) is 17.6. The highest BCUT2D eigenvalue weighted by Gasteiger charge is 2.25. The number of hydrogen-bond acceptors (Lipinski definition) is 4. The quantitative estimate of drug-likeness (QED) is 0.656. The van der Waals surface area contributed by atoms with Crippen LogP contribution in [0.5, 0.6) is 0 Å². The number of sulfonamides is 1. The van der Waals surface area contributed by atoms with E-state index in [4.69, 9.17) is 0 Å². The number of hydrogen-bond donors (Lipinski definition) is 3. The van der Waals surface area contributed by atoms with Crippen LogP contribution in [0.25, 0.3) is 0 Å². The van der Waals surface area contributed by atoms with E-state index in [-0.39, 0.29) is 11.8 Å². The lowest BCUT2D eigenvalue weighted by Crippen LogP contribution is -2.39. The van der Waals surface area contributed by atoms with Gasteiger partial charge in [0.15, 0.2) is 0 Å². The molecule has 108 valence electrons. The SMILES string of the molecule is CCS(=O)(=O)NCC(C)NCc1cc(C2CC2)n[nH]1. The molecular formula is C12H22N4O2S. The molecule has 1 aliphatic rings. The van der Waals surface area contributed by atoms with E-state index in [0.29, 0.717) is 19.0 Å². The van der Waals surface area contributed by atoms with Crippen molar-refractivity contribution in [3.63, 3.8) is 0 Å². The van der Waals surface area contributed by atoms with Crippen molar-refractivity contribution < 1.29 is 8.42 Å². The van der Waals surface area contributed by atoms with Crippen molar-refractivity contribution in [2.75, 3.05) is 12.3 Å². The third-order valence-electron chi connectivity index (χ3n) is 3.28. The van der Waals surface area contributed by atoms with Crippen LogP contribution in [-0.2, 0) is 16.6 Å². The highest BCUT2D eigenvalue weighted by molar-refractivity contribution is 7.89. The van der Waals surface area contributed by atoms with Crippen LogP contribution < -0.4 is 10.0 Å². The summed E-state index contributed by atoms with van der Waals surface area (Å²) in [4.78, 5) is 0. The summed E-state index contributed by atoms with van der Waals surface area (Å²) >= 11 is 0. The molecule has 0 aliphatic heterocycles. The van der Waals surface area contributed by atoms with Crippen LogP contribution >= 0.6 is 0 Å². The van der Waals surface area contributed by atoms with Crippen molar-refractivity contribution in [3.05, 3.63) is 17.5 Å². The molecule has 0 spiro atoms. The molecule has 1 aliphatic carbocycles. The Labute approximate surface area is 114 Å². The smallest absolute Gasteiger partial charge is 0.211 e. The Morgan fingerprint density at radius 1 is 1.53 bits per heavy atom. The Morgan fingerprint density at radius 3 is 2.89 bits per heavy atom. The van der Waals surface area contributed by atoms with Gasteiger partial charge in [0.05, 0.1) is 11.4 Å². The lowest BCUT2D eigenvalue weighted by molar-refractivity contribution is 0.521. The number of H-pyrrole nitrogens is 1. The van der Waals surface area contributed by atoms with Crippen LogP contribution in [0.3, 0.4) is 0 Å². The molecule has 0 saturated heterocycles. The average molecular weight is 286 g/mol. The monoisotopic (exact) mass is 286 g/mol. The first kappa shape index (κ1) is 14.5. The van der Waals surface area contributed by atoms with Gasteiger partial charge in [-0.05, 0) is 32.8 Å². The van der Waals surface area contributed by atoms with E-state index in [1.165, 1.54) is 12.8 Å². The number of nitrogens with one attached hydrogen (secondary N) is 3. The number of rotatable bonds is 8. The molecule has 3 N–H and O–H groups in total. The highest BCUT2D eigenvalue weighted by atomic mass is 32.2. The van der Waals surface area contributed by atoms with E-state index in [2.05, 4.69) is 26.3 Å². The molecular weight excluding hydrogens is 264 g/mol. The first-order valence-corrected chi connectivity index (χ1v) is 8.40. The third-order valence-corrected chi connectivity index (χ3v) is 4.64. The molecule has 0 amide bonds.